The van der Waals surface area contributed by atoms with Crippen LogP contribution in [0.2, 0.25) is 0 Å². The Morgan fingerprint density at radius 3 is 2.36 bits per heavy atom. The Balaban J connectivity index is 1.35. The van der Waals surface area contributed by atoms with Crippen LogP contribution in [0.25, 0.3) is 33.8 Å². The highest BCUT2D eigenvalue weighted by molar-refractivity contribution is 6.00. The SMILES string of the molecule is Cc1nc(-c2c(-c3nn(C(C)(C)C)c4ncnc(N)c34)noc2C2CC2)ncc1N1CCN(C(=O)OC(C)(C)C)CC1. The number of hydrogen-bond acceptors (Lipinski definition) is 11. The molecule has 2 fully saturated rings. The Morgan fingerprint density at radius 2 is 1.74 bits per heavy atom. The molecule has 42 heavy (non-hydrogen) atoms. The average molecular weight is 575 g/mol. The Bertz CT molecular complexity index is 1650. The molecule has 1 aliphatic heterocycles. The first-order valence-electron chi connectivity index (χ1n) is 14.4. The van der Waals surface area contributed by atoms with Crippen molar-refractivity contribution in [2.75, 3.05) is 36.8 Å². The van der Waals surface area contributed by atoms with Crippen molar-refractivity contribution in [1.82, 2.24) is 39.8 Å². The van der Waals surface area contributed by atoms with Crippen LogP contribution in [0.5, 0.6) is 0 Å². The molecule has 2 aliphatic rings. The lowest BCUT2D eigenvalue weighted by Crippen LogP contribution is -2.50. The van der Waals surface area contributed by atoms with E-state index in [2.05, 4.69) is 40.8 Å². The number of anilines is 2. The number of carbonyl (C=O) groups excluding carboxylic acids is 1. The van der Waals surface area contributed by atoms with Crippen LogP contribution >= 0.6 is 0 Å². The third-order valence-corrected chi connectivity index (χ3v) is 7.47. The highest BCUT2D eigenvalue weighted by atomic mass is 16.6. The number of aromatic nitrogens is 7. The van der Waals surface area contributed by atoms with Crippen LogP contribution in [0.3, 0.4) is 0 Å². The van der Waals surface area contributed by atoms with Gasteiger partial charge in [0.1, 0.15) is 29.1 Å². The summed E-state index contributed by atoms with van der Waals surface area (Å²) in [6, 6.07) is 0. The van der Waals surface area contributed by atoms with Gasteiger partial charge in [-0.15, -0.1) is 0 Å². The standard InChI is InChI=1S/C29H38N10O3/c1-16-18(37-10-12-38(13-11-37)27(40)41-29(5,6)7)14-31-25(34-16)19-22(36-42-23(19)17-8-9-17)21-20-24(30)32-15-33-26(20)39(35-21)28(2,3)4/h14-15,17H,8-13H2,1-7H3,(H2,30,32,33). The number of piperazine rings is 1. The molecule has 5 heterocycles. The van der Waals surface area contributed by atoms with Gasteiger partial charge in [-0.05, 0) is 61.3 Å². The maximum Gasteiger partial charge on any atom is 0.410 e. The van der Waals surface area contributed by atoms with Crippen LogP contribution in [0.15, 0.2) is 17.0 Å². The molecule has 1 saturated carbocycles. The molecule has 4 aromatic rings. The molecular formula is C29H38N10O3. The van der Waals surface area contributed by atoms with Crippen molar-refractivity contribution in [3.8, 4) is 22.8 Å². The van der Waals surface area contributed by atoms with E-state index in [0.29, 0.717) is 60.2 Å². The smallest absolute Gasteiger partial charge is 0.410 e. The highest BCUT2D eigenvalue weighted by Crippen LogP contribution is 2.48. The Morgan fingerprint density at radius 1 is 1.02 bits per heavy atom. The zero-order valence-electron chi connectivity index (χ0n) is 25.3. The number of fused-ring (bicyclic) bond motifs is 1. The van der Waals surface area contributed by atoms with E-state index in [-0.39, 0.29) is 17.6 Å². The number of amides is 1. The first-order chi connectivity index (χ1) is 19.8. The molecule has 2 N–H and O–H groups in total. The van der Waals surface area contributed by atoms with Gasteiger partial charge in [0, 0.05) is 32.1 Å². The van der Waals surface area contributed by atoms with Crippen LogP contribution < -0.4 is 10.6 Å². The third kappa shape index (κ3) is 5.12. The number of carbonyl (C=O) groups is 1. The van der Waals surface area contributed by atoms with Crippen molar-refractivity contribution in [1.29, 1.82) is 0 Å². The summed E-state index contributed by atoms with van der Waals surface area (Å²) in [7, 11) is 0. The lowest BCUT2D eigenvalue weighted by molar-refractivity contribution is 0.0240. The van der Waals surface area contributed by atoms with Gasteiger partial charge in [0.05, 0.1) is 34.1 Å². The van der Waals surface area contributed by atoms with Gasteiger partial charge in [0.25, 0.3) is 0 Å². The van der Waals surface area contributed by atoms with E-state index in [9.17, 15) is 4.79 Å². The summed E-state index contributed by atoms with van der Waals surface area (Å²) in [5.74, 6) is 1.87. The normalized spacial score (nSPS) is 16.4. The van der Waals surface area contributed by atoms with E-state index >= 15 is 0 Å². The first kappa shape index (κ1) is 27.9. The number of nitrogens with zero attached hydrogens (tertiary/aromatic N) is 9. The summed E-state index contributed by atoms with van der Waals surface area (Å²) < 4.78 is 13.3. The van der Waals surface area contributed by atoms with Crippen molar-refractivity contribution < 1.29 is 14.1 Å². The molecule has 1 saturated heterocycles. The summed E-state index contributed by atoms with van der Waals surface area (Å²) in [6.45, 7) is 16.2. The van der Waals surface area contributed by atoms with E-state index in [1.165, 1.54) is 6.33 Å². The molecule has 1 aliphatic carbocycles. The van der Waals surface area contributed by atoms with Gasteiger partial charge in [-0.3, -0.25) is 0 Å². The quantitative estimate of drug-likeness (QED) is 0.366. The second kappa shape index (κ2) is 9.92. The second-order valence-corrected chi connectivity index (χ2v) is 13.1. The van der Waals surface area contributed by atoms with Crippen LogP contribution in [-0.4, -0.2) is 77.6 Å². The van der Waals surface area contributed by atoms with Crippen LogP contribution in [0, 0.1) is 6.92 Å². The molecule has 0 unspecified atom stereocenters. The first-order valence-corrected chi connectivity index (χ1v) is 14.4. The van der Waals surface area contributed by atoms with Gasteiger partial charge in [-0.25, -0.2) is 29.4 Å². The molecule has 0 spiro atoms. The summed E-state index contributed by atoms with van der Waals surface area (Å²) in [4.78, 5) is 35.0. The summed E-state index contributed by atoms with van der Waals surface area (Å²) >= 11 is 0. The Kier molecular flexibility index (Phi) is 6.58. The van der Waals surface area contributed by atoms with Crippen LogP contribution in [0.4, 0.5) is 16.3 Å². The summed E-state index contributed by atoms with van der Waals surface area (Å²) in [5.41, 5.74) is 9.68. The molecule has 0 aromatic carbocycles. The minimum absolute atomic E-state index is 0.260. The molecular weight excluding hydrogens is 536 g/mol. The minimum Gasteiger partial charge on any atom is -0.444 e. The molecule has 0 radical (unpaired) electrons. The maximum atomic E-state index is 12.5. The van der Waals surface area contributed by atoms with Crippen LogP contribution in [0.1, 0.15) is 71.8 Å². The van der Waals surface area contributed by atoms with Gasteiger partial charge in [0.2, 0.25) is 0 Å². The zero-order valence-corrected chi connectivity index (χ0v) is 25.3. The topological polar surface area (TPSA) is 154 Å². The second-order valence-electron chi connectivity index (χ2n) is 13.1. The van der Waals surface area contributed by atoms with Gasteiger partial charge in [-0.2, -0.15) is 5.10 Å². The van der Waals surface area contributed by atoms with E-state index < -0.39 is 5.60 Å². The van der Waals surface area contributed by atoms with Crippen molar-refractivity contribution in [2.45, 2.75) is 78.4 Å². The molecule has 13 heteroatoms. The number of rotatable bonds is 4. The van der Waals surface area contributed by atoms with E-state index in [4.69, 9.17) is 30.1 Å². The monoisotopic (exact) mass is 574 g/mol. The number of nitrogen functional groups attached to an aromatic ring is 1. The van der Waals surface area contributed by atoms with Crippen molar-refractivity contribution in [2.24, 2.45) is 0 Å². The maximum absolute atomic E-state index is 12.5. The molecule has 13 nitrogen and oxygen atoms in total. The van der Waals surface area contributed by atoms with Crippen molar-refractivity contribution in [3.05, 3.63) is 24.0 Å². The predicted molar refractivity (Wildman–Crippen MR) is 158 cm³/mol. The molecule has 0 atom stereocenters. The average Bonchev–Trinajstić information content (AvgIpc) is 3.52. The molecule has 6 rings (SSSR count). The van der Waals surface area contributed by atoms with E-state index in [0.717, 1.165) is 35.5 Å². The third-order valence-electron chi connectivity index (χ3n) is 7.47. The lowest BCUT2D eigenvalue weighted by Gasteiger charge is -2.37. The zero-order chi connectivity index (χ0) is 30.0. The lowest BCUT2D eigenvalue weighted by atomic mass is 10.1. The molecule has 1 amide bonds. The Labute approximate surface area is 244 Å². The number of ether oxygens (including phenoxy) is 1. The fraction of sp³-hybridized carbons (Fsp3) is 0.552. The molecule has 4 aromatic heterocycles. The van der Waals surface area contributed by atoms with Gasteiger partial charge in [0.15, 0.2) is 17.2 Å². The van der Waals surface area contributed by atoms with Gasteiger partial charge >= 0.3 is 6.09 Å². The van der Waals surface area contributed by atoms with Crippen LogP contribution in [-0.2, 0) is 10.3 Å². The highest BCUT2D eigenvalue weighted by Gasteiger charge is 2.37. The largest absolute Gasteiger partial charge is 0.444 e. The van der Waals surface area contributed by atoms with Crippen molar-refractivity contribution in [3.63, 3.8) is 0 Å². The van der Waals surface area contributed by atoms with Gasteiger partial charge in [-0.1, -0.05) is 5.16 Å². The summed E-state index contributed by atoms with van der Waals surface area (Å²) in [5, 5.41) is 10.1. The van der Waals surface area contributed by atoms with E-state index in [1.54, 1.807) is 4.90 Å². The van der Waals surface area contributed by atoms with Gasteiger partial charge < -0.3 is 24.8 Å². The molecule has 0 bridgehead atoms. The fourth-order valence-corrected chi connectivity index (χ4v) is 5.26. The molecule has 222 valence electrons. The van der Waals surface area contributed by atoms with Crippen molar-refractivity contribution >= 4 is 28.6 Å². The van der Waals surface area contributed by atoms with E-state index in [1.807, 2.05) is 38.6 Å². The number of nitrogens with two attached hydrogens (primary N) is 1. The number of aryl methyl sites for hydroxylation is 1. The predicted octanol–water partition coefficient (Wildman–Crippen LogP) is 4.52. The number of hydrogen-bond donors (Lipinski definition) is 1. The summed E-state index contributed by atoms with van der Waals surface area (Å²) in [6.07, 6.45) is 5.04. The Hall–Kier alpha value is -4.29. The minimum atomic E-state index is -0.523. The fourth-order valence-electron chi connectivity index (χ4n) is 5.26.